The zero-order valence-electron chi connectivity index (χ0n) is 15.2. The highest BCUT2D eigenvalue weighted by Crippen LogP contribution is 2.25. The standard InChI is InChI=1S/C18H17N5O4S/c1-22-17(12-5-3-8-15(9-12)27-2)20-21-18(22)28-11-16(24)19-13-6-4-7-14(10-13)23(25)26/h3-10H,11H2,1-2H3,(H,19,24). The van der Waals surface area contributed by atoms with Gasteiger partial charge in [-0.3, -0.25) is 14.9 Å². The van der Waals surface area contributed by atoms with Gasteiger partial charge >= 0.3 is 0 Å². The number of thioether (sulfide) groups is 1. The Balaban J connectivity index is 1.65. The molecular formula is C18H17N5O4S. The fourth-order valence-electron chi connectivity index (χ4n) is 2.48. The Morgan fingerprint density at radius 2 is 2.04 bits per heavy atom. The molecule has 10 heteroatoms. The van der Waals surface area contributed by atoms with E-state index in [1.54, 1.807) is 17.7 Å². The van der Waals surface area contributed by atoms with Gasteiger partial charge in [0.15, 0.2) is 11.0 Å². The highest BCUT2D eigenvalue weighted by atomic mass is 32.2. The maximum absolute atomic E-state index is 12.2. The molecule has 1 amide bonds. The van der Waals surface area contributed by atoms with Crippen molar-refractivity contribution in [3.63, 3.8) is 0 Å². The minimum atomic E-state index is -0.510. The third-order valence-corrected chi connectivity index (χ3v) is 4.86. The molecule has 0 unspecified atom stereocenters. The lowest BCUT2D eigenvalue weighted by Crippen LogP contribution is -2.14. The van der Waals surface area contributed by atoms with Crippen LogP contribution in [0, 0.1) is 10.1 Å². The molecule has 0 spiro atoms. The first-order valence-corrected chi connectivity index (χ1v) is 9.17. The van der Waals surface area contributed by atoms with Crippen molar-refractivity contribution in [3.05, 3.63) is 58.6 Å². The maximum atomic E-state index is 12.2. The van der Waals surface area contributed by atoms with E-state index < -0.39 is 4.92 Å². The minimum absolute atomic E-state index is 0.0818. The Morgan fingerprint density at radius 3 is 2.79 bits per heavy atom. The SMILES string of the molecule is COc1cccc(-c2nnc(SCC(=O)Nc3cccc([N+](=O)[O-])c3)n2C)c1. The van der Waals surface area contributed by atoms with E-state index in [1.807, 2.05) is 31.3 Å². The van der Waals surface area contributed by atoms with Crippen LogP contribution < -0.4 is 10.1 Å². The quantitative estimate of drug-likeness (QED) is 0.369. The van der Waals surface area contributed by atoms with Crippen LogP contribution in [-0.2, 0) is 11.8 Å². The Labute approximate surface area is 164 Å². The number of rotatable bonds is 7. The number of nitrogens with one attached hydrogen (secondary N) is 1. The van der Waals surface area contributed by atoms with Gasteiger partial charge < -0.3 is 14.6 Å². The number of nitro benzene ring substituents is 1. The molecule has 0 aliphatic carbocycles. The minimum Gasteiger partial charge on any atom is -0.497 e. The molecule has 0 bridgehead atoms. The van der Waals surface area contributed by atoms with E-state index in [9.17, 15) is 14.9 Å². The van der Waals surface area contributed by atoms with Crippen LogP contribution in [0.1, 0.15) is 0 Å². The van der Waals surface area contributed by atoms with E-state index in [2.05, 4.69) is 15.5 Å². The second-order valence-electron chi connectivity index (χ2n) is 5.74. The van der Waals surface area contributed by atoms with Gasteiger partial charge in [-0.25, -0.2) is 0 Å². The van der Waals surface area contributed by atoms with Gasteiger partial charge in [0.2, 0.25) is 5.91 Å². The predicted molar refractivity (Wildman–Crippen MR) is 105 cm³/mol. The van der Waals surface area contributed by atoms with Crippen molar-refractivity contribution in [2.45, 2.75) is 5.16 Å². The first kappa shape index (κ1) is 19.4. The van der Waals surface area contributed by atoms with Crippen molar-refractivity contribution in [3.8, 4) is 17.1 Å². The van der Waals surface area contributed by atoms with E-state index in [0.29, 0.717) is 22.4 Å². The average molecular weight is 399 g/mol. The first-order chi connectivity index (χ1) is 13.5. The smallest absolute Gasteiger partial charge is 0.271 e. The summed E-state index contributed by atoms with van der Waals surface area (Å²) in [5, 5.41) is 22.3. The van der Waals surface area contributed by atoms with Crippen LogP contribution in [0.3, 0.4) is 0 Å². The summed E-state index contributed by atoms with van der Waals surface area (Å²) in [7, 11) is 3.41. The number of hydrogen-bond acceptors (Lipinski definition) is 7. The molecule has 1 N–H and O–H groups in total. The molecule has 0 atom stereocenters. The number of benzene rings is 2. The van der Waals surface area contributed by atoms with E-state index in [4.69, 9.17) is 4.74 Å². The molecule has 3 rings (SSSR count). The van der Waals surface area contributed by atoms with Gasteiger partial charge in [-0.15, -0.1) is 10.2 Å². The Kier molecular flexibility index (Phi) is 5.90. The molecule has 3 aromatic rings. The van der Waals surface area contributed by atoms with Gasteiger partial charge in [-0.2, -0.15) is 0 Å². The lowest BCUT2D eigenvalue weighted by atomic mass is 10.2. The molecule has 0 saturated heterocycles. The highest BCUT2D eigenvalue weighted by molar-refractivity contribution is 7.99. The fourth-order valence-corrected chi connectivity index (χ4v) is 3.19. The zero-order valence-corrected chi connectivity index (χ0v) is 16.0. The number of aromatic nitrogens is 3. The van der Waals surface area contributed by atoms with Crippen LogP contribution in [0.15, 0.2) is 53.7 Å². The molecular weight excluding hydrogens is 382 g/mol. The maximum Gasteiger partial charge on any atom is 0.271 e. The predicted octanol–water partition coefficient (Wildman–Crippen LogP) is 3.13. The number of nitrogens with zero attached hydrogens (tertiary/aromatic N) is 4. The fraction of sp³-hybridized carbons (Fsp3) is 0.167. The van der Waals surface area contributed by atoms with E-state index in [0.717, 1.165) is 5.56 Å². The Morgan fingerprint density at radius 1 is 1.25 bits per heavy atom. The van der Waals surface area contributed by atoms with Crippen LogP contribution in [0.5, 0.6) is 5.75 Å². The number of amides is 1. The summed E-state index contributed by atoms with van der Waals surface area (Å²) in [5.41, 5.74) is 1.14. The summed E-state index contributed by atoms with van der Waals surface area (Å²) in [6.07, 6.45) is 0. The number of nitro groups is 1. The Hall–Kier alpha value is -3.40. The molecule has 0 saturated carbocycles. The van der Waals surface area contributed by atoms with Gasteiger partial charge in [0.1, 0.15) is 5.75 Å². The number of ether oxygens (including phenoxy) is 1. The van der Waals surface area contributed by atoms with Gasteiger partial charge in [0, 0.05) is 30.4 Å². The molecule has 0 aliphatic heterocycles. The lowest BCUT2D eigenvalue weighted by Gasteiger charge is -2.06. The van der Waals surface area contributed by atoms with Gasteiger partial charge in [-0.05, 0) is 18.2 Å². The molecule has 1 aromatic heterocycles. The molecule has 0 fully saturated rings. The van der Waals surface area contributed by atoms with Gasteiger partial charge in [0.05, 0.1) is 17.8 Å². The average Bonchev–Trinajstić information content (AvgIpc) is 3.07. The number of carbonyl (C=O) groups is 1. The largest absolute Gasteiger partial charge is 0.497 e. The topological polar surface area (TPSA) is 112 Å². The van der Waals surface area contributed by atoms with Crippen LogP contribution in [-0.4, -0.2) is 38.5 Å². The van der Waals surface area contributed by atoms with Crippen molar-refractivity contribution in [2.24, 2.45) is 7.05 Å². The van der Waals surface area contributed by atoms with Gasteiger partial charge in [-0.1, -0.05) is 30.0 Å². The van der Waals surface area contributed by atoms with Crippen molar-refractivity contribution < 1.29 is 14.5 Å². The molecule has 0 radical (unpaired) electrons. The summed E-state index contributed by atoms with van der Waals surface area (Å²) in [5.74, 6) is 1.16. The molecule has 2 aromatic carbocycles. The molecule has 28 heavy (non-hydrogen) atoms. The number of methoxy groups -OCH3 is 1. The van der Waals surface area contributed by atoms with E-state index in [-0.39, 0.29) is 17.3 Å². The zero-order chi connectivity index (χ0) is 20.1. The van der Waals surface area contributed by atoms with Gasteiger partial charge in [0.25, 0.3) is 5.69 Å². The number of hydrogen-bond donors (Lipinski definition) is 1. The van der Waals surface area contributed by atoms with Crippen molar-refractivity contribution >= 4 is 29.0 Å². The third kappa shape index (κ3) is 4.46. The summed E-state index contributed by atoms with van der Waals surface area (Å²) in [4.78, 5) is 22.5. The van der Waals surface area contributed by atoms with Crippen LogP contribution in [0.25, 0.3) is 11.4 Å². The van der Waals surface area contributed by atoms with E-state index >= 15 is 0 Å². The number of carbonyl (C=O) groups excluding carboxylic acids is 1. The normalized spacial score (nSPS) is 10.5. The summed E-state index contributed by atoms with van der Waals surface area (Å²) in [6, 6.07) is 13.2. The van der Waals surface area contributed by atoms with Crippen LogP contribution in [0.2, 0.25) is 0 Å². The van der Waals surface area contributed by atoms with Crippen LogP contribution in [0.4, 0.5) is 11.4 Å². The highest BCUT2D eigenvalue weighted by Gasteiger charge is 2.14. The first-order valence-electron chi connectivity index (χ1n) is 8.19. The second kappa shape index (κ2) is 8.53. The van der Waals surface area contributed by atoms with Crippen molar-refractivity contribution in [1.82, 2.24) is 14.8 Å². The summed E-state index contributed by atoms with van der Waals surface area (Å²) in [6.45, 7) is 0. The number of anilines is 1. The molecule has 9 nitrogen and oxygen atoms in total. The third-order valence-electron chi connectivity index (χ3n) is 3.84. The summed E-state index contributed by atoms with van der Waals surface area (Å²) >= 11 is 1.22. The molecule has 1 heterocycles. The molecule has 0 aliphatic rings. The summed E-state index contributed by atoms with van der Waals surface area (Å²) < 4.78 is 7.02. The number of non-ortho nitro benzene ring substituents is 1. The lowest BCUT2D eigenvalue weighted by molar-refractivity contribution is -0.384. The second-order valence-corrected chi connectivity index (χ2v) is 6.68. The molecule has 144 valence electrons. The van der Waals surface area contributed by atoms with E-state index in [1.165, 1.54) is 30.0 Å². The van der Waals surface area contributed by atoms with Crippen LogP contribution >= 0.6 is 11.8 Å². The monoisotopic (exact) mass is 399 g/mol. The van der Waals surface area contributed by atoms with Crippen molar-refractivity contribution in [2.75, 3.05) is 18.2 Å². The van der Waals surface area contributed by atoms with Crippen molar-refractivity contribution in [1.29, 1.82) is 0 Å². The Bertz CT molecular complexity index is 1020.